The van der Waals surface area contributed by atoms with Crippen LogP contribution >= 0.6 is 0 Å². The first-order chi connectivity index (χ1) is 10.2. The van der Waals surface area contributed by atoms with E-state index in [9.17, 15) is 5.26 Å². The molecule has 1 fully saturated rings. The van der Waals surface area contributed by atoms with Gasteiger partial charge in [0.15, 0.2) is 0 Å². The molecule has 0 saturated carbocycles. The average Bonchev–Trinajstić information content (AvgIpc) is 2.93. The third-order valence-corrected chi connectivity index (χ3v) is 4.28. The molecule has 1 heterocycles. The molecular weight excluding hydrogens is 258 g/mol. The van der Waals surface area contributed by atoms with E-state index in [2.05, 4.69) is 54.2 Å². The van der Waals surface area contributed by atoms with Gasteiger partial charge in [0.05, 0.1) is 11.6 Å². The van der Waals surface area contributed by atoms with Gasteiger partial charge in [-0.05, 0) is 39.1 Å². The second-order valence-corrected chi connectivity index (χ2v) is 6.04. The number of rotatable bonds is 3. The Labute approximate surface area is 126 Å². The predicted molar refractivity (Wildman–Crippen MR) is 87.6 cm³/mol. The van der Waals surface area contributed by atoms with Crippen LogP contribution in [0.25, 0.3) is 10.8 Å². The molecule has 1 aliphatic heterocycles. The maximum atomic E-state index is 9.29. The van der Waals surface area contributed by atoms with E-state index in [1.807, 2.05) is 12.1 Å². The van der Waals surface area contributed by atoms with Crippen LogP contribution in [0.4, 0.5) is 5.69 Å². The molecule has 21 heavy (non-hydrogen) atoms. The lowest BCUT2D eigenvalue weighted by Gasteiger charge is -2.30. The van der Waals surface area contributed by atoms with Crippen molar-refractivity contribution in [3.05, 3.63) is 42.0 Å². The lowest BCUT2D eigenvalue weighted by atomic mass is 10.0. The van der Waals surface area contributed by atoms with Gasteiger partial charge in [0.2, 0.25) is 0 Å². The van der Waals surface area contributed by atoms with Crippen molar-refractivity contribution in [2.24, 2.45) is 0 Å². The second kappa shape index (κ2) is 5.75. The van der Waals surface area contributed by atoms with Crippen molar-refractivity contribution in [1.29, 1.82) is 5.26 Å². The van der Waals surface area contributed by atoms with Crippen LogP contribution in [-0.2, 0) is 0 Å². The molecule has 2 aromatic carbocycles. The molecule has 0 amide bonds. The molecule has 3 nitrogen and oxygen atoms in total. The summed E-state index contributed by atoms with van der Waals surface area (Å²) >= 11 is 0. The van der Waals surface area contributed by atoms with Gasteiger partial charge in [0.25, 0.3) is 0 Å². The molecule has 0 aliphatic carbocycles. The summed E-state index contributed by atoms with van der Waals surface area (Å²) in [5, 5.41) is 11.6. The predicted octanol–water partition coefficient (Wildman–Crippen LogP) is 3.24. The van der Waals surface area contributed by atoms with Crippen molar-refractivity contribution < 1.29 is 0 Å². The fourth-order valence-corrected chi connectivity index (χ4v) is 3.40. The highest BCUT2D eigenvalue weighted by molar-refractivity contribution is 5.98. The molecule has 0 N–H and O–H groups in total. The van der Waals surface area contributed by atoms with Gasteiger partial charge in [0, 0.05) is 35.6 Å². The monoisotopic (exact) mass is 279 g/mol. The summed E-state index contributed by atoms with van der Waals surface area (Å²) in [7, 11) is 4.26. The second-order valence-electron chi connectivity index (χ2n) is 6.04. The fourth-order valence-electron chi connectivity index (χ4n) is 3.40. The Hall–Kier alpha value is -2.05. The van der Waals surface area contributed by atoms with Crippen LogP contribution in [0.2, 0.25) is 0 Å². The first-order valence-corrected chi connectivity index (χ1v) is 7.54. The zero-order valence-electron chi connectivity index (χ0n) is 12.7. The number of hydrogen-bond acceptors (Lipinski definition) is 3. The van der Waals surface area contributed by atoms with Gasteiger partial charge in [-0.2, -0.15) is 5.26 Å². The molecule has 0 bridgehead atoms. The SMILES string of the molecule is CN(C)CC1CCCN1c1ccc(C#N)c2ccccc12. The summed E-state index contributed by atoms with van der Waals surface area (Å²) in [4.78, 5) is 4.78. The van der Waals surface area contributed by atoms with Crippen molar-refractivity contribution in [2.75, 3.05) is 32.1 Å². The van der Waals surface area contributed by atoms with Crippen molar-refractivity contribution >= 4 is 16.5 Å². The molecule has 0 aromatic heterocycles. The fraction of sp³-hybridized carbons (Fsp3) is 0.389. The Morgan fingerprint density at radius 1 is 1.19 bits per heavy atom. The number of hydrogen-bond donors (Lipinski definition) is 0. The van der Waals surface area contributed by atoms with Gasteiger partial charge in [0.1, 0.15) is 0 Å². The van der Waals surface area contributed by atoms with Crippen LogP contribution in [0, 0.1) is 11.3 Å². The number of fused-ring (bicyclic) bond motifs is 1. The largest absolute Gasteiger partial charge is 0.367 e. The summed E-state index contributed by atoms with van der Waals surface area (Å²) < 4.78 is 0. The van der Waals surface area contributed by atoms with E-state index in [4.69, 9.17) is 0 Å². The summed E-state index contributed by atoms with van der Waals surface area (Å²) in [5.74, 6) is 0. The molecule has 1 unspecified atom stereocenters. The minimum atomic E-state index is 0.566. The number of benzene rings is 2. The molecule has 3 rings (SSSR count). The van der Waals surface area contributed by atoms with Crippen LogP contribution in [0.15, 0.2) is 36.4 Å². The Morgan fingerprint density at radius 3 is 2.67 bits per heavy atom. The Morgan fingerprint density at radius 2 is 1.95 bits per heavy atom. The minimum Gasteiger partial charge on any atom is -0.367 e. The number of anilines is 1. The lowest BCUT2D eigenvalue weighted by molar-refractivity contribution is 0.372. The normalized spacial score (nSPS) is 18.4. The van der Waals surface area contributed by atoms with Crippen LogP contribution in [-0.4, -0.2) is 38.1 Å². The van der Waals surface area contributed by atoms with Gasteiger partial charge in [-0.1, -0.05) is 24.3 Å². The zero-order valence-corrected chi connectivity index (χ0v) is 12.7. The number of nitriles is 1. The first-order valence-electron chi connectivity index (χ1n) is 7.54. The van der Waals surface area contributed by atoms with Gasteiger partial charge < -0.3 is 9.80 Å². The standard InChI is InChI=1S/C18H21N3/c1-20(2)13-15-6-5-11-21(15)18-10-9-14(12-19)16-7-3-4-8-17(16)18/h3-4,7-10,15H,5-6,11,13H2,1-2H3. The van der Waals surface area contributed by atoms with E-state index in [0.29, 0.717) is 6.04 Å². The summed E-state index contributed by atoms with van der Waals surface area (Å²) in [6.07, 6.45) is 2.49. The average molecular weight is 279 g/mol. The third kappa shape index (κ3) is 2.59. The summed E-state index contributed by atoms with van der Waals surface area (Å²) in [5.41, 5.74) is 2.03. The minimum absolute atomic E-state index is 0.566. The van der Waals surface area contributed by atoms with Crippen LogP contribution in [0.3, 0.4) is 0 Å². The van der Waals surface area contributed by atoms with Gasteiger partial charge >= 0.3 is 0 Å². The van der Waals surface area contributed by atoms with E-state index in [1.165, 1.54) is 23.9 Å². The van der Waals surface area contributed by atoms with E-state index < -0.39 is 0 Å². The number of likely N-dealkylation sites (N-methyl/N-ethyl adjacent to an activating group) is 1. The van der Waals surface area contributed by atoms with Gasteiger partial charge in [-0.25, -0.2) is 0 Å². The van der Waals surface area contributed by atoms with Crippen LogP contribution in [0.5, 0.6) is 0 Å². The Kier molecular flexibility index (Phi) is 3.81. The highest BCUT2D eigenvalue weighted by Gasteiger charge is 2.26. The topological polar surface area (TPSA) is 30.3 Å². The maximum Gasteiger partial charge on any atom is 0.0998 e. The summed E-state index contributed by atoms with van der Waals surface area (Å²) in [6, 6.07) is 15.2. The van der Waals surface area contributed by atoms with Crippen LogP contribution in [0.1, 0.15) is 18.4 Å². The lowest BCUT2D eigenvalue weighted by Crippen LogP contribution is -2.37. The molecule has 3 heteroatoms. The molecular formula is C18H21N3. The van der Waals surface area contributed by atoms with E-state index in [0.717, 1.165) is 24.0 Å². The highest BCUT2D eigenvalue weighted by atomic mass is 15.2. The van der Waals surface area contributed by atoms with E-state index >= 15 is 0 Å². The quantitative estimate of drug-likeness (QED) is 0.864. The summed E-state index contributed by atoms with van der Waals surface area (Å²) in [6.45, 7) is 2.18. The molecule has 108 valence electrons. The number of nitrogens with zero attached hydrogens (tertiary/aromatic N) is 3. The Bertz CT molecular complexity index is 684. The molecule has 1 saturated heterocycles. The van der Waals surface area contributed by atoms with E-state index in [1.54, 1.807) is 0 Å². The molecule has 1 atom stereocenters. The van der Waals surface area contributed by atoms with Crippen molar-refractivity contribution in [3.8, 4) is 6.07 Å². The van der Waals surface area contributed by atoms with Crippen LogP contribution < -0.4 is 4.90 Å². The van der Waals surface area contributed by atoms with Crippen molar-refractivity contribution in [3.63, 3.8) is 0 Å². The third-order valence-electron chi connectivity index (χ3n) is 4.28. The van der Waals surface area contributed by atoms with Crippen molar-refractivity contribution in [1.82, 2.24) is 4.90 Å². The van der Waals surface area contributed by atoms with Crippen molar-refractivity contribution in [2.45, 2.75) is 18.9 Å². The first kappa shape index (κ1) is 13.9. The highest BCUT2D eigenvalue weighted by Crippen LogP contribution is 2.33. The Balaban J connectivity index is 2.07. The van der Waals surface area contributed by atoms with Gasteiger partial charge in [-0.3, -0.25) is 0 Å². The molecule has 2 aromatic rings. The maximum absolute atomic E-state index is 9.29. The zero-order chi connectivity index (χ0) is 14.8. The molecule has 0 spiro atoms. The molecule has 1 aliphatic rings. The van der Waals surface area contributed by atoms with Gasteiger partial charge in [-0.15, -0.1) is 0 Å². The van der Waals surface area contributed by atoms with E-state index in [-0.39, 0.29) is 0 Å². The smallest absolute Gasteiger partial charge is 0.0998 e. The molecule has 0 radical (unpaired) electrons.